The second-order valence-corrected chi connectivity index (χ2v) is 0.941. The summed E-state index contributed by atoms with van der Waals surface area (Å²) in [6.45, 7) is 0. The van der Waals surface area contributed by atoms with Crippen LogP contribution in [0.5, 0.6) is 0 Å². The van der Waals surface area contributed by atoms with E-state index in [1.165, 1.54) is 0 Å². The first kappa shape index (κ1) is 9.60. The minimum Gasteiger partial charge on any atom is -0.369 e. The zero-order valence-corrected chi connectivity index (χ0v) is 4.78. The third kappa shape index (κ3) is 8.84. The molecule has 41 valence electrons. The average Bonchev–Trinajstić information content (AvgIpc) is 1.38. The van der Waals surface area contributed by atoms with Gasteiger partial charge in [0.25, 0.3) is 0 Å². The van der Waals surface area contributed by atoms with Crippen LogP contribution in [0.4, 0.5) is 0 Å². The Kier molecular flexibility index (Phi) is 8.54. The summed E-state index contributed by atoms with van der Waals surface area (Å²) in [5, 5.41) is 0. The van der Waals surface area contributed by atoms with Gasteiger partial charge in [-0.15, -0.1) is 0 Å². The van der Waals surface area contributed by atoms with Crippen LogP contribution in [0.25, 0.3) is 0 Å². The standard InChI is InChI=1S/C2H5NOS.Cu/c3-2(4)1-5;/h5H,1H2,(H2,3,4);. The van der Waals surface area contributed by atoms with E-state index in [0.29, 0.717) is 0 Å². The summed E-state index contributed by atoms with van der Waals surface area (Å²) in [4.78, 5) is 9.51. The second kappa shape index (κ2) is 5.34. The number of primary amides is 1. The molecule has 0 aromatic carbocycles. The van der Waals surface area contributed by atoms with Crippen molar-refractivity contribution < 1.29 is 21.9 Å². The summed E-state index contributed by atoms with van der Waals surface area (Å²) in [6, 6.07) is 0. The average molecular weight is 155 g/mol. The van der Waals surface area contributed by atoms with E-state index in [1.54, 1.807) is 0 Å². The Morgan fingerprint density at radius 2 is 2.00 bits per heavy atom. The van der Waals surface area contributed by atoms with Crippen molar-refractivity contribution in [1.82, 2.24) is 0 Å². The van der Waals surface area contributed by atoms with Gasteiger partial charge in [0, 0.05) is 17.1 Å². The Hall–Kier alpha value is 0.339. The Balaban J connectivity index is 0. The molecule has 2 N–H and O–H groups in total. The Morgan fingerprint density at radius 3 is 2.00 bits per heavy atom. The number of carbonyl (C=O) groups is 1. The summed E-state index contributed by atoms with van der Waals surface area (Å²) in [6.07, 6.45) is 0. The molecule has 6 heavy (non-hydrogen) atoms. The van der Waals surface area contributed by atoms with Crippen molar-refractivity contribution in [3.05, 3.63) is 0 Å². The molecule has 4 heteroatoms. The van der Waals surface area contributed by atoms with Gasteiger partial charge >= 0.3 is 0 Å². The molecule has 1 amide bonds. The molecular formula is C2H5CuNOS. The number of hydrogen-bond donors (Lipinski definition) is 2. The van der Waals surface area contributed by atoms with Gasteiger partial charge in [-0.1, -0.05) is 0 Å². The zero-order valence-electron chi connectivity index (χ0n) is 2.94. The van der Waals surface area contributed by atoms with E-state index < -0.39 is 0 Å². The molecule has 0 aliphatic heterocycles. The van der Waals surface area contributed by atoms with E-state index in [9.17, 15) is 4.79 Å². The van der Waals surface area contributed by atoms with Gasteiger partial charge in [0.1, 0.15) is 0 Å². The third-order valence-corrected chi connectivity index (χ3v) is 0.468. The van der Waals surface area contributed by atoms with E-state index in [1.807, 2.05) is 0 Å². The second-order valence-electron chi connectivity index (χ2n) is 0.624. The third-order valence-electron chi connectivity index (χ3n) is 0.156. The van der Waals surface area contributed by atoms with Crippen molar-refractivity contribution in [2.75, 3.05) is 5.75 Å². The summed E-state index contributed by atoms with van der Waals surface area (Å²) in [5.41, 5.74) is 4.58. The molecule has 0 unspecified atom stereocenters. The molecule has 0 bridgehead atoms. The molecule has 0 fully saturated rings. The molecule has 0 aliphatic rings. The maximum Gasteiger partial charge on any atom is 0.227 e. The fourth-order valence-electron chi connectivity index (χ4n) is 0. The normalized spacial score (nSPS) is 6.17. The first-order valence-electron chi connectivity index (χ1n) is 1.16. The van der Waals surface area contributed by atoms with Crippen molar-refractivity contribution in [2.45, 2.75) is 0 Å². The number of carbonyl (C=O) groups excluding carboxylic acids is 1. The van der Waals surface area contributed by atoms with Crippen LogP contribution in [0.3, 0.4) is 0 Å². The number of amides is 1. The fourth-order valence-corrected chi connectivity index (χ4v) is 0. The molecule has 1 radical (unpaired) electrons. The summed E-state index contributed by atoms with van der Waals surface area (Å²) < 4.78 is 0. The molecule has 0 saturated heterocycles. The SMILES string of the molecule is NC(=O)CS.[Cu]. The number of rotatable bonds is 1. The van der Waals surface area contributed by atoms with Crippen LogP contribution < -0.4 is 5.73 Å². The molecule has 0 rings (SSSR count). The smallest absolute Gasteiger partial charge is 0.227 e. The molecule has 0 spiro atoms. The minimum absolute atomic E-state index is 0. The van der Waals surface area contributed by atoms with Crippen LogP contribution in [0.15, 0.2) is 0 Å². The van der Waals surface area contributed by atoms with Crippen LogP contribution in [-0.2, 0) is 21.9 Å². The number of nitrogens with two attached hydrogens (primary N) is 1. The van der Waals surface area contributed by atoms with E-state index >= 15 is 0 Å². The van der Waals surface area contributed by atoms with Crippen molar-refractivity contribution in [3.8, 4) is 0 Å². The quantitative estimate of drug-likeness (QED) is 0.385. The Morgan fingerprint density at radius 1 is 1.83 bits per heavy atom. The van der Waals surface area contributed by atoms with Gasteiger partial charge in [0.15, 0.2) is 0 Å². The number of hydrogen-bond acceptors (Lipinski definition) is 2. The van der Waals surface area contributed by atoms with Gasteiger partial charge in [-0.2, -0.15) is 12.6 Å². The monoisotopic (exact) mass is 154 g/mol. The van der Waals surface area contributed by atoms with Crippen molar-refractivity contribution >= 4 is 18.5 Å². The molecule has 0 atom stereocenters. The van der Waals surface area contributed by atoms with E-state index in [2.05, 4.69) is 18.4 Å². The fraction of sp³-hybridized carbons (Fsp3) is 0.500. The molecule has 0 aromatic heterocycles. The van der Waals surface area contributed by atoms with Gasteiger partial charge in [0.2, 0.25) is 5.91 Å². The summed E-state index contributed by atoms with van der Waals surface area (Å²) in [7, 11) is 0. The van der Waals surface area contributed by atoms with Crippen LogP contribution in [0.2, 0.25) is 0 Å². The Bertz CT molecular complexity index is 48.8. The molecule has 2 nitrogen and oxygen atoms in total. The minimum atomic E-state index is -0.381. The maximum absolute atomic E-state index is 9.51. The predicted molar refractivity (Wildman–Crippen MR) is 23.0 cm³/mol. The topological polar surface area (TPSA) is 43.1 Å². The molecule has 0 saturated carbocycles. The van der Waals surface area contributed by atoms with Crippen molar-refractivity contribution in [1.29, 1.82) is 0 Å². The summed E-state index contributed by atoms with van der Waals surface area (Å²) >= 11 is 3.54. The van der Waals surface area contributed by atoms with Crippen molar-refractivity contribution in [3.63, 3.8) is 0 Å². The molecule has 0 heterocycles. The predicted octanol–water partition coefficient (Wildman–Crippen LogP) is -0.601. The van der Waals surface area contributed by atoms with Crippen LogP contribution >= 0.6 is 12.6 Å². The van der Waals surface area contributed by atoms with E-state index in [-0.39, 0.29) is 28.7 Å². The van der Waals surface area contributed by atoms with Gasteiger partial charge in [-0.05, 0) is 0 Å². The van der Waals surface area contributed by atoms with Crippen LogP contribution in [0, 0.1) is 0 Å². The first-order valence-corrected chi connectivity index (χ1v) is 1.80. The van der Waals surface area contributed by atoms with Gasteiger partial charge in [0.05, 0.1) is 5.75 Å². The van der Waals surface area contributed by atoms with Gasteiger partial charge in [-0.3, -0.25) is 4.79 Å². The first-order chi connectivity index (χ1) is 2.27. The van der Waals surface area contributed by atoms with Crippen LogP contribution in [0.1, 0.15) is 0 Å². The van der Waals surface area contributed by atoms with Crippen molar-refractivity contribution in [2.24, 2.45) is 5.73 Å². The number of thiol groups is 1. The molecule has 0 aromatic rings. The molecular weight excluding hydrogens is 150 g/mol. The maximum atomic E-state index is 9.51. The van der Waals surface area contributed by atoms with Gasteiger partial charge < -0.3 is 5.73 Å². The summed E-state index contributed by atoms with van der Waals surface area (Å²) in [5.74, 6) is -0.242. The van der Waals surface area contributed by atoms with E-state index in [4.69, 9.17) is 0 Å². The Labute approximate surface area is 52.4 Å². The zero-order chi connectivity index (χ0) is 4.28. The molecule has 0 aliphatic carbocycles. The van der Waals surface area contributed by atoms with Gasteiger partial charge in [-0.25, -0.2) is 0 Å². The van der Waals surface area contributed by atoms with E-state index in [0.717, 1.165) is 0 Å². The van der Waals surface area contributed by atoms with Crippen LogP contribution in [-0.4, -0.2) is 11.7 Å². The largest absolute Gasteiger partial charge is 0.369 e.